The summed E-state index contributed by atoms with van der Waals surface area (Å²) >= 11 is 0. The van der Waals surface area contributed by atoms with Crippen LogP contribution in [0.5, 0.6) is 0 Å². The molecule has 0 radical (unpaired) electrons. The quantitative estimate of drug-likeness (QED) is 0.473. The third-order valence-electron chi connectivity index (χ3n) is 5.28. The summed E-state index contributed by atoms with van der Waals surface area (Å²) in [6, 6.07) is 8.45. The predicted molar refractivity (Wildman–Crippen MR) is 98.8 cm³/mol. The number of ether oxygens (including phenoxy) is 2. The second-order valence-electron chi connectivity index (χ2n) is 8.31. The van der Waals surface area contributed by atoms with Gasteiger partial charge in [-0.3, -0.25) is 4.90 Å². The average Bonchev–Trinajstić information content (AvgIpc) is 2.99. The Kier molecular flexibility index (Phi) is 6.02. The van der Waals surface area contributed by atoms with Crippen LogP contribution in [0.4, 0.5) is 4.79 Å². The third kappa shape index (κ3) is 3.88. The number of nitrogens with zero attached hydrogens (tertiary/aromatic N) is 1. The maximum Gasteiger partial charge on any atom is 1.00 e. The number of hydrogen-bond donors (Lipinski definition) is 0. The number of allylic oxidation sites excluding steroid dienone is 1. The van der Waals surface area contributed by atoms with Crippen molar-refractivity contribution >= 4 is 12.2 Å². The van der Waals surface area contributed by atoms with Crippen molar-refractivity contribution in [1.29, 1.82) is 0 Å². The van der Waals surface area contributed by atoms with Crippen LogP contribution in [0.25, 0.3) is 6.08 Å². The molecule has 2 aliphatic rings. The molecule has 1 saturated heterocycles. The summed E-state index contributed by atoms with van der Waals surface area (Å²) in [5.41, 5.74) is 1.60. The van der Waals surface area contributed by atoms with Gasteiger partial charge < -0.3 is 9.47 Å². The van der Waals surface area contributed by atoms with E-state index in [0.29, 0.717) is 13.0 Å². The van der Waals surface area contributed by atoms with E-state index in [9.17, 15) is 4.79 Å². The van der Waals surface area contributed by atoms with E-state index in [-0.39, 0.29) is 35.9 Å². The standard InChI is InChI=1S/C21H28NO3.Li/c1-19(2)15-25-20(3,4)22(19)18(23)24-14-8-12-21(5)13-11-16-9-6-7-10-17(16)21;/h6-7,9-11,13-14H,8,12,15H2,1-5H3;/q-1;+1/t21-;/m0./s1. The normalized spacial score (nSPS) is 24.9. The summed E-state index contributed by atoms with van der Waals surface area (Å²) in [4.78, 5) is 14.2. The van der Waals surface area contributed by atoms with E-state index in [0.717, 1.165) is 6.42 Å². The third-order valence-corrected chi connectivity index (χ3v) is 5.28. The van der Waals surface area contributed by atoms with Crippen molar-refractivity contribution in [1.82, 2.24) is 4.90 Å². The van der Waals surface area contributed by atoms with Crippen molar-refractivity contribution in [3.05, 3.63) is 48.1 Å². The van der Waals surface area contributed by atoms with Crippen LogP contribution in [0, 0.1) is 6.61 Å². The molecule has 5 heteroatoms. The minimum atomic E-state index is -0.645. The van der Waals surface area contributed by atoms with Gasteiger partial charge in [-0.15, -0.1) is 6.42 Å². The van der Waals surface area contributed by atoms with E-state index in [1.54, 1.807) is 11.5 Å². The van der Waals surface area contributed by atoms with E-state index >= 15 is 0 Å². The van der Waals surface area contributed by atoms with Gasteiger partial charge in [0.2, 0.25) is 0 Å². The van der Waals surface area contributed by atoms with Crippen LogP contribution in [-0.4, -0.2) is 28.9 Å². The van der Waals surface area contributed by atoms with E-state index in [1.807, 2.05) is 27.7 Å². The van der Waals surface area contributed by atoms with Crippen molar-refractivity contribution < 1.29 is 33.1 Å². The fourth-order valence-electron chi connectivity index (χ4n) is 3.96. The SMILES string of the molecule is CC1(C)COC(C)(C)N1C(=O)O[CH-]CC[C@@]1(C)C=Cc2ccccc21.[Li+]. The minimum absolute atomic E-state index is 0. The van der Waals surface area contributed by atoms with Gasteiger partial charge in [0.15, 0.2) is 0 Å². The Bertz CT molecular complexity index is 682. The molecule has 0 bridgehead atoms. The number of hydrogen-bond acceptors (Lipinski definition) is 3. The molecule has 1 aromatic carbocycles. The van der Waals surface area contributed by atoms with Crippen LogP contribution in [-0.2, 0) is 14.9 Å². The maximum atomic E-state index is 12.5. The average molecular weight is 349 g/mol. The summed E-state index contributed by atoms with van der Waals surface area (Å²) in [5.74, 6) is 0. The number of rotatable bonds is 4. The monoisotopic (exact) mass is 349 g/mol. The molecule has 1 aliphatic heterocycles. The predicted octanol–water partition coefficient (Wildman–Crippen LogP) is 1.90. The van der Waals surface area contributed by atoms with Crippen molar-refractivity contribution in [2.45, 2.75) is 64.1 Å². The molecule has 0 spiro atoms. The summed E-state index contributed by atoms with van der Waals surface area (Å²) < 4.78 is 11.2. The number of carbonyl (C=O) groups is 1. The van der Waals surface area contributed by atoms with Gasteiger partial charge in [0.05, 0.1) is 12.1 Å². The second kappa shape index (κ2) is 7.42. The van der Waals surface area contributed by atoms with E-state index in [1.165, 1.54) is 11.1 Å². The zero-order valence-corrected chi connectivity index (χ0v) is 16.8. The molecular formula is C21H28LiNO3. The maximum absolute atomic E-state index is 12.5. The molecule has 3 rings (SSSR count). The second-order valence-corrected chi connectivity index (χ2v) is 8.31. The Morgan fingerprint density at radius 3 is 2.58 bits per heavy atom. The zero-order chi connectivity index (χ0) is 18.3. The largest absolute Gasteiger partial charge is 1.00 e. The number of fused-ring (bicyclic) bond motifs is 1. The number of benzene rings is 1. The summed E-state index contributed by atoms with van der Waals surface area (Å²) in [5, 5.41) is 0. The first-order valence-corrected chi connectivity index (χ1v) is 8.91. The Morgan fingerprint density at radius 1 is 1.23 bits per heavy atom. The minimum Gasteiger partial charge on any atom is -0.621 e. The van der Waals surface area contributed by atoms with Crippen LogP contribution in [0.15, 0.2) is 30.3 Å². The summed E-state index contributed by atoms with van der Waals surface area (Å²) in [7, 11) is 0. The molecule has 26 heavy (non-hydrogen) atoms. The smallest absolute Gasteiger partial charge is 0.621 e. The van der Waals surface area contributed by atoms with Gasteiger partial charge in [0.1, 0.15) is 5.72 Å². The van der Waals surface area contributed by atoms with Gasteiger partial charge in [-0.25, -0.2) is 4.79 Å². The molecule has 1 heterocycles. The summed E-state index contributed by atoms with van der Waals surface area (Å²) in [6.07, 6.45) is 5.68. The fraction of sp³-hybridized carbons (Fsp3) is 0.524. The Labute approximate surface area is 169 Å². The van der Waals surface area contributed by atoms with Gasteiger partial charge in [0.25, 0.3) is 0 Å². The van der Waals surface area contributed by atoms with Gasteiger partial charge in [0, 0.05) is 5.41 Å². The first kappa shape index (κ1) is 21.1. The molecule has 4 nitrogen and oxygen atoms in total. The molecule has 1 atom stereocenters. The van der Waals surface area contributed by atoms with Gasteiger partial charge in [-0.1, -0.05) is 49.8 Å². The number of amides is 1. The summed E-state index contributed by atoms with van der Waals surface area (Å²) in [6.45, 7) is 12.1. The van der Waals surface area contributed by atoms with E-state index in [2.05, 4.69) is 43.3 Å². The molecule has 1 amide bonds. The Balaban J connectivity index is 0.00000243. The molecular weight excluding hydrogens is 321 g/mol. The zero-order valence-electron chi connectivity index (χ0n) is 16.8. The van der Waals surface area contributed by atoms with Gasteiger partial charge in [-0.05, 0) is 38.8 Å². The van der Waals surface area contributed by atoms with Gasteiger partial charge >= 0.3 is 25.0 Å². The fourth-order valence-corrected chi connectivity index (χ4v) is 3.96. The van der Waals surface area contributed by atoms with Crippen molar-refractivity contribution in [3.63, 3.8) is 0 Å². The first-order chi connectivity index (χ1) is 11.7. The van der Waals surface area contributed by atoms with Crippen LogP contribution >= 0.6 is 0 Å². The molecule has 1 aliphatic carbocycles. The molecule has 1 fully saturated rings. The number of carbonyl (C=O) groups excluding carboxylic acids is 1. The first-order valence-electron chi connectivity index (χ1n) is 8.91. The van der Waals surface area contributed by atoms with Crippen LogP contribution in [0.1, 0.15) is 58.6 Å². The van der Waals surface area contributed by atoms with Crippen molar-refractivity contribution in [2.24, 2.45) is 0 Å². The van der Waals surface area contributed by atoms with Crippen LogP contribution < -0.4 is 18.9 Å². The van der Waals surface area contributed by atoms with Crippen molar-refractivity contribution in [3.8, 4) is 0 Å². The Morgan fingerprint density at radius 2 is 1.92 bits per heavy atom. The van der Waals surface area contributed by atoms with Gasteiger partial charge in [-0.2, -0.15) is 6.61 Å². The topological polar surface area (TPSA) is 38.8 Å². The molecule has 0 saturated carbocycles. The van der Waals surface area contributed by atoms with Crippen LogP contribution in [0.2, 0.25) is 0 Å². The molecule has 136 valence electrons. The molecule has 0 unspecified atom stereocenters. The van der Waals surface area contributed by atoms with Crippen molar-refractivity contribution in [2.75, 3.05) is 6.61 Å². The molecule has 0 N–H and O–H groups in total. The van der Waals surface area contributed by atoms with E-state index in [4.69, 9.17) is 9.47 Å². The van der Waals surface area contributed by atoms with E-state index < -0.39 is 5.72 Å². The van der Waals surface area contributed by atoms with Crippen LogP contribution in [0.3, 0.4) is 0 Å². The molecule has 0 aromatic heterocycles. The Hall–Kier alpha value is -1.21. The molecule has 1 aromatic rings.